The summed E-state index contributed by atoms with van der Waals surface area (Å²) in [4.78, 5) is 6.70. The molecule has 1 aromatic heterocycles. The molecule has 14 heavy (non-hydrogen) atoms. The van der Waals surface area contributed by atoms with E-state index in [1.54, 1.807) is 0 Å². The first-order valence-electron chi connectivity index (χ1n) is 5.12. The van der Waals surface area contributed by atoms with E-state index in [0.29, 0.717) is 6.04 Å². The molecule has 1 heterocycles. The molecule has 0 radical (unpaired) electrons. The first kappa shape index (κ1) is 9.97. The largest absolute Gasteiger partial charge is 0.356 e. The van der Waals surface area contributed by atoms with E-state index in [-0.39, 0.29) is 0 Å². The van der Waals surface area contributed by atoms with Gasteiger partial charge in [-0.05, 0) is 40.9 Å². The molecule has 0 N–H and O–H groups in total. The number of pyridine rings is 1. The molecule has 0 atom stereocenters. The van der Waals surface area contributed by atoms with Crippen LogP contribution in [0.15, 0.2) is 22.8 Å². The van der Waals surface area contributed by atoms with Gasteiger partial charge in [0.25, 0.3) is 0 Å². The third kappa shape index (κ3) is 1.92. The molecule has 0 unspecified atom stereocenters. The summed E-state index contributed by atoms with van der Waals surface area (Å²) in [6.45, 7) is 0. The van der Waals surface area contributed by atoms with Crippen molar-refractivity contribution in [3.63, 3.8) is 0 Å². The van der Waals surface area contributed by atoms with Crippen molar-refractivity contribution >= 4 is 21.7 Å². The average molecular weight is 255 g/mol. The van der Waals surface area contributed by atoms with Crippen molar-refractivity contribution in [1.82, 2.24) is 4.98 Å². The maximum atomic E-state index is 4.40. The van der Waals surface area contributed by atoms with Crippen molar-refractivity contribution in [3.8, 4) is 0 Å². The summed E-state index contributed by atoms with van der Waals surface area (Å²) in [5.41, 5.74) is 0. The van der Waals surface area contributed by atoms with Crippen molar-refractivity contribution in [2.24, 2.45) is 0 Å². The lowest BCUT2D eigenvalue weighted by molar-refractivity contribution is 0.645. The van der Waals surface area contributed by atoms with Crippen LogP contribution in [0.5, 0.6) is 0 Å². The van der Waals surface area contributed by atoms with E-state index in [2.05, 4.69) is 32.9 Å². The molecular formula is C11H15BrN2. The molecule has 76 valence electrons. The summed E-state index contributed by atoms with van der Waals surface area (Å²) in [6, 6.07) is 4.69. The highest BCUT2D eigenvalue weighted by Gasteiger charge is 2.21. The standard InChI is InChI=1S/C11H15BrN2/c1-14(9-5-2-3-6-9)11-10(12)7-4-8-13-11/h4,7-9H,2-3,5-6H2,1H3. The van der Waals surface area contributed by atoms with Crippen molar-refractivity contribution in [3.05, 3.63) is 22.8 Å². The van der Waals surface area contributed by atoms with E-state index in [1.165, 1.54) is 25.7 Å². The van der Waals surface area contributed by atoms with Gasteiger partial charge < -0.3 is 4.90 Å². The van der Waals surface area contributed by atoms with Crippen molar-refractivity contribution in [1.29, 1.82) is 0 Å². The maximum Gasteiger partial charge on any atom is 0.142 e. The van der Waals surface area contributed by atoms with Crippen LogP contribution in [-0.4, -0.2) is 18.1 Å². The second kappa shape index (κ2) is 4.30. The van der Waals surface area contributed by atoms with Crippen molar-refractivity contribution in [2.45, 2.75) is 31.7 Å². The van der Waals surface area contributed by atoms with Crippen LogP contribution in [0.3, 0.4) is 0 Å². The molecule has 2 nitrogen and oxygen atoms in total. The molecule has 0 bridgehead atoms. The van der Waals surface area contributed by atoms with Gasteiger partial charge >= 0.3 is 0 Å². The number of aromatic nitrogens is 1. The third-order valence-electron chi connectivity index (χ3n) is 2.95. The predicted octanol–water partition coefficient (Wildman–Crippen LogP) is 3.22. The molecule has 0 amide bonds. The second-order valence-corrected chi connectivity index (χ2v) is 4.71. The van der Waals surface area contributed by atoms with Crippen LogP contribution in [0.25, 0.3) is 0 Å². The summed E-state index contributed by atoms with van der Waals surface area (Å²) in [5, 5.41) is 0. The predicted molar refractivity (Wildman–Crippen MR) is 62.6 cm³/mol. The molecule has 1 aromatic rings. The Labute approximate surface area is 93.5 Å². The molecule has 3 heteroatoms. The maximum absolute atomic E-state index is 4.40. The Kier molecular flexibility index (Phi) is 3.06. The van der Waals surface area contributed by atoms with E-state index >= 15 is 0 Å². The monoisotopic (exact) mass is 254 g/mol. The fourth-order valence-electron chi connectivity index (χ4n) is 2.10. The Balaban J connectivity index is 2.17. The Hall–Kier alpha value is -0.570. The Morgan fingerprint density at radius 3 is 2.79 bits per heavy atom. The SMILES string of the molecule is CN(c1ncccc1Br)C1CCCC1. The van der Waals surface area contributed by atoms with Gasteiger partial charge in [-0.25, -0.2) is 4.98 Å². The lowest BCUT2D eigenvalue weighted by atomic mass is 10.2. The zero-order chi connectivity index (χ0) is 9.97. The van der Waals surface area contributed by atoms with Crippen LogP contribution >= 0.6 is 15.9 Å². The van der Waals surface area contributed by atoms with Gasteiger partial charge in [0.2, 0.25) is 0 Å². The van der Waals surface area contributed by atoms with Crippen LogP contribution < -0.4 is 4.90 Å². The number of nitrogens with zero attached hydrogens (tertiary/aromatic N) is 2. The summed E-state index contributed by atoms with van der Waals surface area (Å²) in [6.07, 6.45) is 7.18. The second-order valence-electron chi connectivity index (χ2n) is 3.86. The lowest BCUT2D eigenvalue weighted by Crippen LogP contribution is -2.29. The summed E-state index contributed by atoms with van der Waals surface area (Å²) >= 11 is 3.54. The average Bonchev–Trinajstić information content (AvgIpc) is 2.70. The van der Waals surface area contributed by atoms with Gasteiger partial charge in [-0.3, -0.25) is 0 Å². The zero-order valence-corrected chi connectivity index (χ0v) is 10.00. The van der Waals surface area contributed by atoms with Gasteiger partial charge in [0.1, 0.15) is 5.82 Å². The number of halogens is 1. The smallest absolute Gasteiger partial charge is 0.142 e. The number of hydrogen-bond acceptors (Lipinski definition) is 2. The fraction of sp³-hybridized carbons (Fsp3) is 0.545. The first-order valence-corrected chi connectivity index (χ1v) is 5.91. The van der Waals surface area contributed by atoms with E-state index in [1.807, 2.05) is 18.3 Å². The van der Waals surface area contributed by atoms with Crippen LogP contribution in [0.2, 0.25) is 0 Å². The molecule has 1 saturated carbocycles. The zero-order valence-electron chi connectivity index (χ0n) is 8.41. The molecule has 1 aliphatic carbocycles. The Morgan fingerprint density at radius 1 is 1.43 bits per heavy atom. The lowest BCUT2D eigenvalue weighted by Gasteiger charge is -2.26. The molecule has 0 saturated heterocycles. The highest BCUT2D eigenvalue weighted by molar-refractivity contribution is 9.10. The van der Waals surface area contributed by atoms with E-state index in [4.69, 9.17) is 0 Å². The van der Waals surface area contributed by atoms with E-state index in [9.17, 15) is 0 Å². The minimum Gasteiger partial charge on any atom is -0.356 e. The van der Waals surface area contributed by atoms with Gasteiger partial charge in [0.15, 0.2) is 0 Å². The fourth-order valence-corrected chi connectivity index (χ4v) is 2.64. The third-order valence-corrected chi connectivity index (χ3v) is 3.56. The molecule has 1 aliphatic rings. The number of anilines is 1. The van der Waals surface area contributed by atoms with Crippen LogP contribution in [0.4, 0.5) is 5.82 Å². The summed E-state index contributed by atoms with van der Waals surface area (Å²) in [7, 11) is 2.14. The summed E-state index contributed by atoms with van der Waals surface area (Å²) < 4.78 is 1.09. The van der Waals surface area contributed by atoms with Crippen LogP contribution in [-0.2, 0) is 0 Å². The highest BCUT2D eigenvalue weighted by Crippen LogP contribution is 2.29. The van der Waals surface area contributed by atoms with Crippen LogP contribution in [0, 0.1) is 0 Å². The van der Waals surface area contributed by atoms with Gasteiger partial charge in [0.05, 0.1) is 4.47 Å². The first-order chi connectivity index (χ1) is 6.79. The van der Waals surface area contributed by atoms with Crippen molar-refractivity contribution in [2.75, 3.05) is 11.9 Å². The molecule has 2 rings (SSSR count). The highest BCUT2D eigenvalue weighted by atomic mass is 79.9. The molecule has 1 fully saturated rings. The normalized spacial score (nSPS) is 17.3. The van der Waals surface area contributed by atoms with Crippen molar-refractivity contribution < 1.29 is 0 Å². The topological polar surface area (TPSA) is 16.1 Å². The van der Waals surface area contributed by atoms with Gasteiger partial charge in [0, 0.05) is 19.3 Å². The summed E-state index contributed by atoms with van der Waals surface area (Å²) in [5.74, 6) is 1.07. The minimum absolute atomic E-state index is 0.682. The van der Waals surface area contributed by atoms with Gasteiger partial charge in [-0.15, -0.1) is 0 Å². The van der Waals surface area contributed by atoms with Crippen LogP contribution in [0.1, 0.15) is 25.7 Å². The molecular weight excluding hydrogens is 240 g/mol. The quantitative estimate of drug-likeness (QED) is 0.806. The van der Waals surface area contributed by atoms with E-state index in [0.717, 1.165) is 10.3 Å². The molecule has 0 aliphatic heterocycles. The number of rotatable bonds is 2. The Morgan fingerprint density at radius 2 is 2.14 bits per heavy atom. The molecule has 0 spiro atoms. The van der Waals surface area contributed by atoms with Gasteiger partial charge in [-0.1, -0.05) is 12.8 Å². The minimum atomic E-state index is 0.682. The number of hydrogen-bond donors (Lipinski definition) is 0. The van der Waals surface area contributed by atoms with Gasteiger partial charge in [-0.2, -0.15) is 0 Å². The Bertz CT molecular complexity index is 308. The molecule has 0 aromatic carbocycles. The van der Waals surface area contributed by atoms with E-state index < -0.39 is 0 Å².